The molecule has 1 N–H and O–H groups in total. The van der Waals surface area contributed by atoms with Gasteiger partial charge in [0.25, 0.3) is 0 Å². The highest BCUT2D eigenvalue weighted by Gasteiger charge is 2.07. The molecular weight excluding hydrogens is 192 g/mol. The van der Waals surface area contributed by atoms with Crippen molar-refractivity contribution in [2.45, 2.75) is 12.5 Å². The van der Waals surface area contributed by atoms with Gasteiger partial charge in [-0.3, -0.25) is 0 Å². The van der Waals surface area contributed by atoms with Crippen molar-refractivity contribution in [2.24, 2.45) is 0 Å². The maximum absolute atomic E-state index is 10.7. The number of hydrogen-bond acceptors (Lipinski definition) is 3. The minimum atomic E-state index is -0.670. The minimum Gasteiger partial charge on any atom is -0.460 e. The third-order valence-electron chi connectivity index (χ3n) is 1.90. The molecule has 1 atom stereocenters. The van der Waals surface area contributed by atoms with Gasteiger partial charge < -0.3 is 9.84 Å². The van der Waals surface area contributed by atoms with Gasteiger partial charge in [-0.2, -0.15) is 0 Å². The van der Waals surface area contributed by atoms with Crippen LogP contribution in [0.25, 0.3) is 0 Å². The van der Waals surface area contributed by atoms with Crippen LogP contribution >= 0.6 is 0 Å². The van der Waals surface area contributed by atoms with Crippen LogP contribution in [0.3, 0.4) is 0 Å². The van der Waals surface area contributed by atoms with Crippen molar-refractivity contribution in [3.63, 3.8) is 0 Å². The Morgan fingerprint density at radius 3 is 2.73 bits per heavy atom. The predicted octanol–water partition coefficient (Wildman–Crippen LogP) is 1.32. The van der Waals surface area contributed by atoms with E-state index in [9.17, 15) is 9.90 Å². The van der Waals surface area contributed by atoms with Crippen LogP contribution < -0.4 is 0 Å². The van der Waals surface area contributed by atoms with E-state index in [-0.39, 0.29) is 6.61 Å². The smallest absolute Gasteiger partial charge is 0.330 e. The molecule has 1 aromatic rings. The summed E-state index contributed by atoms with van der Waals surface area (Å²) in [5.74, 6) is -0.512. The van der Waals surface area contributed by atoms with Gasteiger partial charge in [-0.15, -0.1) is 0 Å². The van der Waals surface area contributed by atoms with Crippen molar-refractivity contribution in [1.29, 1.82) is 0 Å². The van der Waals surface area contributed by atoms with Crippen molar-refractivity contribution in [1.82, 2.24) is 0 Å². The monoisotopic (exact) mass is 206 g/mol. The van der Waals surface area contributed by atoms with E-state index in [0.29, 0.717) is 6.42 Å². The van der Waals surface area contributed by atoms with Crippen LogP contribution in [0.15, 0.2) is 43.0 Å². The van der Waals surface area contributed by atoms with E-state index in [2.05, 4.69) is 6.58 Å². The SMILES string of the molecule is C=CC(=O)OCC(O)Cc1ccccc1. The van der Waals surface area contributed by atoms with E-state index < -0.39 is 12.1 Å². The Labute approximate surface area is 89.0 Å². The van der Waals surface area contributed by atoms with E-state index in [1.807, 2.05) is 30.3 Å². The van der Waals surface area contributed by atoms with Gasteiger partial charge in [-0.1, -0.05) is 36.9 Å². The molecule has 0 aliphatic rings. The number of aliphatic hydroxyl groups excluding tert-OH is 1. The van der Waals surface area contributed by atoms with Gasteiger partial charge in [0.05, 0.1) is 6.10 Å². The third-order valence-corrected chi connectivity index (χ3v) is 1.90. The van der Waals surface area contributed by atoms with Crippen LogP contribution in [0.2, 0.25) is 0 Å². The number of rotatable bonds is 5. The summed E-state index contributed by atoms with van der Waals surface area (Å²) in [6.07, 6.45) is 0.886. The number of aliphatic hydroxyl groups is 1. The van der Waals surface area contributed by atoms with Gasteiger partial charge in [0, 0.05) is 12.5 Å². The van der Waals surface area contributed by atoms with Crippen LogP contribution in [0.1, 0.15) is 5.56 Å². The fourth-order valence-electron chi connectivity index (χ4n) is 1.18. The van der Waals surface area contributed by atoms with Gasteiger partial charge in [0.2, 0.25) is 0 Å². The van der Waals surface area contributed by atoms with Gasteiger partial charge >= 0.3 is 5.97 Å². The number of carbonyl (C=O) groups is 1. The van der Waals surface area contributed by atoms with Gasteiger partial charge in [0.15, 0.2) is 0 Å². The first-order valence-corrected chi connectivity index (χ1v) is 4.73. The van der Waals surface area contributed by atoms with E-state index in [1.54, 1.807) is 0 Å². The van der Waals surface area contributed by atoms with Crippen molar-refractivity contribution in [2.75, 3.05) is 6.61 Å². The Balaban J connectivity index is 2.33. The number of esters is 1. The Morgan fingerprint density at radius 2 is 2.13 bits per heavy atom. The van der Waals surface area contributed by atoms with Crippen molar-refractivity contribution in [3.05, 3.63) is 48.6 Å². The lowest BCUT2D eigenvalue weighted by Crippen LogP contribution is -2.20. The Hall–Kier alpha value is -1.61. The first kappa shape index (κ1) is 11.5. The second kappa shape index (κ2) is 5.98. The third kappa shape index (κ3) is 4.42. The molecule has 1 unspecified atom stereocenters. The summed E-state index contributed by atoms with van der Waals surface area (Å²) in [7, 11) is 0. The van der Waals surface area contributed by atoms with Crippen LogP contribution in [0.5, 0.6) is 0 Å². The molecule has 1 rings (SSSR count). The fraction of sp³-hybridized carbons (Fsp3) is 0.250. The maximum Gasteiger partial charge on any atom is 0.330 e. The van der Waals surface area contributed by atoms with Gasteiger partial charge in [-0.05, 0) is 5.56 Å². The topological polar surface area (TPSA) is 46.5 Å². The molecule has 1 aromatic carbocycles. The summed E-state index contributed by atoms with van der Waals surface area (Å²) in [6.45, 7) is 3.27. The van der Waals surface area contributed by atoms with E-state index in [0.717, 1.165) is 11.6 Å². The molecule has 0 aliphatic heterocycles. The van der Waals surface area contributed by atoms with Crippen molar-refractivity contribution < 1.29 is 14.6 Å². The molecule has 0 spiro atoms. The number of carbonyl (C=O) groups excluding carboxylic acids is 1. The largest absolute Gasteiger partial charge is 0.460 e. The Kier molecular flexibility index (Phi) is 4.57. The van der Waals surface area contributed by atoms with E-state index in [4.69, 9.17) is 4.74 Å². The molecule has 0 bridgehead atoms. The first-order chi connectivity index (χ1) is 7.22. The summed E-state index contributed by atoms with van der Waals surface area (Å²) in [4.78, 5) is 10.7. The van der Waals surface area contributed by atoms with Crippen molar-refractivity contribution in [3.8, 4) is 0 Å². The summed E-state index contributed by atoms with van der Waals surface area (Å²) in [6, 6.07) is 9.54. The van der Waals surface area contributed by atoms with Crippen LogP contribution in [-0.4, -0.2) is 23.8 Å². The molecule has 0 saturated carbocycles. The average molecular weight is 206 g/mol. The van der Waals surface area contributed by atoms with Gasteiger partial charge in [0.1, 0.15) is 6.61 Å². The van der Waals surface area contributed by atoms with Crippen LogP contribution in [-0.2, 0) is 16.0 Å². The number of benzene rings is 1. The van der Waals surface area contributed by atoms with E-state index >= 15 is 0 Å². The molecule has 0 aliphatic carbocycles. The zero-order chi connectivity index (χ0) is 11.1. The summed E-state index contributed by atoms with van der Waals surface area (Å²) in [5.41, 5.74) is 1.01. The van der Waals surface area contributed by atoms with Gasteiger partial charge in [-0.25, -0.2) is 4.79 Å². The average Bonchev–Trinajstić information content (AvgIpc) is 2.27. The molecule has 0 fully saturated rings. The van der Waals surface area contributed by atoms with Crippen LogP contribution in [0, 0.1) is 0 Å². The van der Waals surface area contributed by atoms with E-state index in [1.165, 1.54) is 0 Å². The predicted molar refractivity (Wildman–Crippen MR) is 57.3 cm³/mol. The minimum absolute atomic E-state index is 0.000250. The van der Waals surface area contributed by atoms with Crippen molar-refractivity contribution >= 4 is 5.97 Å². The maximum atomic E-state index is 10.7. The number of hydrogen-bond donors (Lipinski definition) is 1. The molecule has 0 radical (unpaired) electrons. The fourth-order valence-corrected chi connectivity index (χ4v) is 1.18. The lowest BCUT2D eigenvalue weighted by Gasteiger charge is -2.10. The Morgan fingerprint density at radius 1 is 1.47 bits per heavy atom. The molecule has 0 aromatic heterocycles. The molecule has 0 heterocycles. The normalized spacial score (nSPS) is 11.8. The zero-order valence-corrected chi connectivity index (χ0v) is 8.43. The lowest BCUT2D eigenvalue weighted by atomic mass is 10.1. The second-order valence-electron chi connectivity index (χ2n) is 3.18. The molecular formula is C12H14O3. The molecule has 0 amide bonds. The lowest BCUT2D eigenvalue weighted by molar-refractivity contribution is -0.140. The molecule has 0 saturated heterocycles. The summed E-state index contributed by atoms with van der Waals surface area (Å²) < 4.78 is 4.72. The highest BCUT2D eigenvalue weighted by molar-refractivity contribution is 5.81. The zero-order valence-electron chi connectivity index (χ0n) is 8.43. The standard InChI is InChI=1S/C12H14O3/c1-2-12(14)15-9-11(13)8-10-6-4-3-5-7-10/h2-7,11,13H,1,8-9H2. The molecule has 80 valence electrons. The molecule has 3 nitrogen and oxygen atoms in total. The second-order valence-corrected chi connectivity index (χ2v) is 3.18. The number of ether oxygens (including phenoxy) is 1. The summed E-state index contributed by atoms with van der Waals surface area (Å²) >= 11 is 0. The summed E-state index contributed by atoms with van der Waals surface area (Å²) in [5, 5.41) is 9.54. The molecule has 15 heavy (non-hydrogen) atoms. The molecule has 3 heteroatoms. The Bertz CT molecular complexity index is 319. The highest BCUT2D eigenvalue weighted by Crippen LogP contribution is 2.03. The highest BCUT2D eigenvalue weighted by atomic mass is 16.5. The quantitative estimate of drug-likeness (QED) is 0.583. The van der Waals surface area contributed by atoms with Crippen LogP contribution in [0.4, 0.5) is 0 Å². The first-order valence-electron chi connectivity index (χ1n) is 4.73.